The normalized spacial score (nSPS) is 9.89. The zero-order valence-electron chi connectivity index (χ0n) is 12.3. The Labute approximate surface area is 114 Å². The van der Waals surface area contributed by atoms with E-state index in [2.05, 4.69) is 0 Å². The van der Waals surface area contributed by atoms with Crippen LogP contribution in [0.1, 0.15) is 33.6 Å². The molecule has 0 aromatic heterocycles. The summed E-state index contributed by atoms with van der Waals surface area (Å²) in [5.74, 6) is -0.704. The summed E-state index contributed by atoms with van der Waals surface area (Å²) < 4.78 is 4.74. The predicted molar refractivity (Wildman–Crippen MR) is 71.4 cm³/mol. The molecule has 0 radical (unpaired) electrons. The van der Waals surface area contributed by atoms with E-state index < -0.39 is 0 Å². The maximum atomic E-state index is 11.8. The Morgan fingerprint density at radius 1 is 0.947 bits per heavy atom. The fourth-order valence-electron chi connectivity index (χ4n) is 1.60. The Balaban J connectivity index is 4.13. The third-order valence-electron chi connectivity index (χ3n) is 2.76. The molecule has 0 bridgehead atoms. The first kappa shape index (κ1) is 17.4. The molecule has 2 amide bonds. The third-order valence-corrected chi connectivity index (χ3v) is 2.76. The van der Waals surface area contributed by atoms with Crippen molar-refractivity contribution < 1.29 is 19.1 Å². The van der Waals surface area contributed by atoms with Crippen molar-refractivity contribution in [1.82, 2.24) is 9.80 Å². The number of hydrogen-bond acceptors (Lipinski definition) is 4. The first-order chi connectivity index (χ1) is 8.96. The van der Waals surface area contributed by atoms with Crippen LogP contribution >= 0.6 is 0 Å². The van der Waals surface area contributed by atoms with E-state index in [0.29, 0.717) is 19.7 Å². The average molecular weight is 272 g/mol. The topological polar surface area (TPSA) is 66.9 Å². The highest BCUT2D eigenvalue weighted by atomic mass is 16.5. The van der Waals surface area contributed by atoms with Crippen molar-refractivity contribution in [3.05, 3.63) is 0 Å². The molecule has 6 heteroatoms. The number of nitrogens with zero attached hydrogens (tertiary/aromatic N) is 2. The summed E-state index contributed by atoms with van der Waals surface area (Å²) in [6.45, 7) is 7.11. The summed E-state index contributed by atoms with van der Waals surface area (Å²) in [6.07, 6.45) is 0.122. The quantitative estimate of drug-likeness (QED) is 0.609. The van der Waals surface area contributed by atoms with Gasteiger partial charge in [0.05, 0.1) is 19.6 Å². The Hall–Kier alpha value is -1.59. The summed E-state index contributed by atoms with van der Waals surface area (Å²) in [5, 5.41) is 0. The highest BCUT2D eigenvalue weighted by molar-refractivity contribution is 5.86. The van der Waals surface area contributed by atoms with Gasteiger partial charge >= 0.3 is 5.97 Å². The fourth-order valence-corrected chi connectivity index (χ4v) is 1.60. The lowest BCUT2D eigenvalue weighted by Gasteiger charge is -2.23. The average Bonchev–Trinajstić information content (AvgIpc) is 2.37. The van der Waals surface area contributed by atoms with Crippen LogP contribution in [-0.2, 0) is 19.1 Å². The zero-order valence-corrected chi connectivity index (χ0v) is 12.3. The van der Waals surface area contributed by atoms with Crippen LogP contribution in [0.3, 0.4) is 0 Å². The number of rotatable bonds is 8. The summed E-state index contributed by atoms with van der Waals surface area (Å²) >= 11 is 0. The number of esters is 1. The standard InChI is InChI=1S/C13H24N2O4/c1-5-15(6-2)12(17)10-14(4)11(16)8-9-13(18)19-7-3/h5-10H2,1-4H3. The number of carbonyl (C=O) groups excluding carboxylic acids is 3. The monoisotopic (exact) mass is 272 g/mol. The maximum Gasteiger partial charge on any atom is 0.306 e. The Morgan fingerprint density at radius 3 is 2.00 bits per heavy atom. The second-order valence-electron chi connectivity index (χ2n) is 4.12. The smallest absolute Gasteiger partial charge is 0.306 e. The minimum absolute atomic E-state index is 0.0450. The molecule has 6 nitrogen and oxygen atoms in total. The number of hydrogen-bond donors (Lipinski definition) is 0. The van der Waals surface area contributed by atoms with Crippen molar-refractivity contribution in [2.75, 3.05) is 33.3 Å². The lowest BCUT2D eigenvalue weighted by molar-refractivity contribution is -0.146. The van der Waals surface area contributed by atoms with Crippen molar-refractivity contribution in [2.24, 2.45) is 0 Å². The van der Waals surface area contributed by atoms with Gasteiger partial charge in [0.25, 0.3) is 0 Å². The number of ether oxygens (including phenoxy) is 1. The van der Waals surface area contributed by atoms with Gasteiger partial charge in [-0.15, -0.1) is 0 Å². The molecule has 0 unspecified atom stereocenters. The molecule has 0 atom stereocenters. The van der Waals surface area contributed by atoms with Gasteiger partial charge in [0.15, 0.2) is 0 Å². The van der Waals surface area contributed by atoms with E-state index in [1.807, 2.05) is 13.8 Å². The van der Waals surface area contributed by atoms with Gasteiger partial charge in [0.1, 0.15) is 0 Å². The fraction of sp³-hybridized carbons (Fsp3) is 0.769. The molecule has 19 heavy (non-hydrogen) atoms. The summed E-state index contributed by atoms with van der Waals surface area (Å²) in [7, 11) is 1.56. The molecule has 0 fully saturated rings. The summed E-state index contributed by atoms with van der Waals surface area (Å²) in [6, 6.07) is 0. The zero-order chi connectivity index (χ0) is 14.8. The third kappa shape index (κ3) is 6.79. The van der Waals surface area contributed by atoms with Gasteiger partial charge in [0, 0.05) is 26.6 Å². The molecule has 0 aliphatic carbocycles. The molecule has 0 saturated heterocycles. The second kappa shape index (κ2) is 9.35. The van der Waals surface area contributed by atoms with Gasteiger partial charge in [0.2, 0.25) is 11.8 Å². The largest absolute Gasteiger partial charge is 0.466 e. The molecular formula is C13H24N2O4. The maximum absolute atomic E-state index is 11.8. The van der Waals surface area contributed by atoms with Crippen LogP contribution in [0.15, 0.2) is 0 Å². The molecule has 0 spiro atoms. The van der Waals surface area contributed by atoms with Crippen LogP contribution in [0.5, 0.6) is 0 Å². The molecule has 0 rings (SSSR count). The van der Waals surface area contributed by atoms with Crippen molar-refractivity contribution in [2.45, 2.75) is 33.6 Å². The number of likely N-dealkylation sites (N-methyl/N-ethyl adjacent to an activating group) is 2. The van der Waals surface area contributed by atoms with Crippen LogP contribution in [-0.4, -0.2) is 60.9 Å². The molecule has 0 aromatic rings. The Morgan fingerprint density at radius 2 is 1.53 bits per heavy atom. The Bertz CT molecular complexity index is 314. The minimum atomic E-state index is -0.390. The van der Waals surface area contributed by atoms with Crippen LogP contribution in [0.4, 0.5) is 0 Å². The van der Waals surface area contributed by atoms with Gasteiger partial charge in [-0.05, 0) is 20.8 Å². The van der Waals surface area contributed by atoms with E-state index in [-0.39, 0.29) is 37.2 Å². The van der Waals surface area contributed by atoms with E-state index >= 15 is 0 Å². The molecule has 0 N–H and O–H groups in total. The van der Waals surface area contributed by atoms with Crippen LogP contribution < -0.4 is 0 Å². The van der Waals surface area contributed by atoms with E-state index in [4.69, 9.17) is 4.74 Å². The van der Waals surface area contributed by atoms with E-state index in [9.17, 15) is 14.4 Å². The lowest BCUT2D eigenvalue weighted by Crippen LogP contribution is -2.41. The van der Waals surface area contributed by atoms with Crippen molar-refractivity contribution in [3.8, 4) is 0 Å². The van der Waals surface area contributed by atoms with Gasteiger partial charge in [-0.2, -0.15) is 0 Å². The highest BCUT2D eigenvalue weighted by Gasteiger charge is 2.17. The van der Waals surface area contributed by atoms with Crippen molar-refractivity contribution >= 4 is 17.8 Å². The SMILES string of the molecule is CCOC(=O)CCC(=O)N(C)CC(=O)N(CC)CC. The lowest BCUT2D eigenvalue weighted by atomic mass is 10.3. The van der Waals surface area contributed by atoms with Crippen LogP contribution in [0, 0.1) is 0 Å². The number of carbonyl (C=O) groups is 3. The highest BCUT2D eigenvalue weighted by Crippen LogP contribution is 1.99. The van der Waals surface area contributed by atoms with E-state index in [0.717, 1.165) is 0 Å². The first-order valence-electron chi connectivity index (χ1n) is 6.63. The van der Waals surface area contributed by atoms with Crippen molar-refractivity contribution in [3.63, 3.8) is 0 Å². The van der Waals surface area contributed by atoms with E-state index in [1.165, 1.54) is 4.90 Å². The minimum Gasteiger partial charge on any atom is -0.466 e. The summed E-state index contributed by atoms with van der Waals surface area (Å²) in [4.78, 5) is 37.7. The van der Waals surface area contributed by atoms with E-state index in [1.54, 1.807) is 18.9 Å². The molecule has 0 heterocycles. The predicted octanol–water partition coefficient (Wildman–Crippen LogP) is 0.656. The molecule has 0 aromatic carbocycles. The first-order valence-corrected chi connectivity index (χ1v) is 6.63. The molecule has 0 aliphatic heterocycles. The second-order valence-corrected chi connectivity index (χ2v) is 4.12. The molecule has 0 aliphatic rings. The summed E-state index contributed by atoms with van der Waals surface area (Å²) in [5.41, 5.74) is 0. The van der Waals surface area contributed by atoms with Gasteiger partial charge in [-0.1, -0.05) is 0 Å². The van der Waals surface area contributed by atoms with Gasteiger partial charge in [-0.3, -0.25) is 14.4 Å². The van der Waals surface area contributed by atoms with Crippen LogP contribution in [0.2, 0.25) is 0 Å². The van der Waals surface area contributed by atoms with Crippen LogP contribution in [0.25, 0.3) is 0 Å². The van der Waals surface area contributed by atoms with Crippen molar-refractivity contribution in [1.29, 1.82) is 0 Å². The Kier molecular flexibility index (Phi) is 8.57. The number of amides is 2. The van der Waals surface area contributed by atoms with Gasteiger partial charge in [-0.25, -0.2) is 0 Å². The molecule has 0 saturated carbocycles. The van der Waals surface area contributed by atoms with Gasteiger partial charge < -0.3 is 14.5 Å². The molecular weight excluding hydrogens is 248 g/mol. The molecule has 110 valence electrons.